The Kier molecular flexibility index (Phi) is 5.82. The van der Waals surface area contributed by atoms with Gasteiger partial charge in [-0.25, -0.2) is 0 Å². The van der Waals surface area contributed by atoms with Crippen LogP contribution in [0.5, 0.6) is 0 Å². The maximum atomic E-state index is 12.3. The van der Waals surface area contributed by atoms with E-state index >= 15 is 0 Å². The van der Waals surface area contributed by atoms with Crippen LogP contribution in [0.4, 0.5) is 0 Å². The monoisotopic (exact) mass is 377 g/mol. The maximum Gasteiger partial charge on any atom is 0.308 e. The smallest absolute Gasteiger partial charge is 0.308 e. The van der Waals surface area contributed by atoms with Gasteiger partial charge in [-0.3, -0.25) is 9.59 Å². The topological polar surface area (TPSA) is 110 Å². The van der Waals surface area contributed by atoms with Gasteiger partial charge in [-0.2, -0.15) is 4.80 Å². The molecule has 0 radical (unpaired) electrons. The zero-order valence-corrected chi connectivity index (χ0v) is 14.9. The van der Waals surface area contributed by atoms with Gasteiger partial charge in [-0.05, 0) is 42.3 Å². The molecule has 1 saturated carbocycles. The standard InChI is InChI=1S/C17H20ClN5O3/c18-12-8-6-11(7-9-12)16-20-22-23(21-16)10-15(24)19-14-5-3-1-2-4-13(14)17(25)26/h6-9,13-14H,1-5,10H2,(H,19,24)(H,25,26)/t13-,14+/m1/s1. The second-order valence-electron chi connectivity index (χ2n) is 6.41. The SMILES string of the molecule is O=C(Cn1nnc(-c2ccc(Cl)cc2)n1)N[C@H]1CCCCC[C@H]1C(=O)O. The van der Waals surface area contributed by atoms with Crippen LogP contribution >= 0.6 is 11.6 Å². The number of benzene rings is 1. The van der Waals surface area contributed by atoms with Crippen molar-refractivity contribution in [1.82, 2.24) is 25.5 Å². The number of aliphatic carboxylic acids is 1. The molecular weight excluding hydrogens is 358 g/mol. The minimum Gasteiger partial charge on any atom is -0.481 e. The van der Waals surface area contributed by atoms with Crippen LogP contribution in [0.25, 0.3) is 11.4 Å². The zero-order chi connectivity index (χ0) is 18.5. The molecule has 138 valence electrons. The Balaban J connectivity index is 1.62. The van der Waals surface area contributed by atoms with Crippen molar-refractivity contribution in [2.24, 2.45) is 5.92 Å². The van der Waals surface area contributed by atoms with Crippen LogP contribution < -0.4 is 5.32 Å². The lowest BCUT2D eigenvalue weighted by molar-refractivity contribution is -0.143. The predicted octanol–water partition coefficient (Wildman–Crippen LogP) is 2.14. The first kappa shape index (κ1) is 18.3. The van der Waals surface area contributed by atoms with Gasteiger partial charge in [0.2, 0.25) is 11.7 Å². The quantitative estimate of drug-likeness (QED) is 0.772. The summed E-state index contributed by atoms with van der Waals surface area (Å²) in [6.45, 7) is -0.108. The van der Waals surface area contributed by atoms with Crippen molar-refractivity contribution in [1.29, 1.82) is 0 Å². The third-order valence-electron chi connectivity index (χ3n) is 4.52. The molecule has 1 aromatic carbocycles. The fourth-order valence-corrected chi connectivity index (χ4v) is 3.31. The maximum absolute atomic E-state index is 12.3. The number of halogens is 1. The number of carboxylic acid groups (broad SMARTS) is 1. The van der Waals surface area contributed by atoms with E-state index in [1.165, 1.54) is 4.80 Å². The fourth-order valence-electron chi connectivity index (χ4n) is 3.18. The molecule has 26 heavy (non-hydrogen) atoms. The minimum atomic E-state index is -0.860. The average molecular weight is 378 g/mol. The molecule has 1 heterocycles. The van der Waals surface area contributed by atoms with Gasteiger partial charge >= 0.3 is 5.97 Å². The third kappa shape index (κ3) is 4.57. The van der Waals surface area contributed by atoms with Gasteiger partial charge in [0, 0.05) is 16.6 Å². The van der Waals surface area contributed by atoms with Crippen molar-refractivity contribution in [3.05, 3.63) is 29.3 Å². The van der Waals surface area contributed by atoms with E-state index in [0.29, 0.717) is 23.7 Å². The first-order valence-corrected chi connectivity index (χ1v) is 8.96. The van der Waals surface area contributed by atoms with E-state index in [2.05, 4.69) is 20.7 Å². The van der Waals surface area contributed by atoms with Crippen molar-refractivity contribution >= 4 is 23.5 Å². The Morgan fingerprint density at radius 3 is 2.65 bits per heavy atom. The fraction of sp³-hybridized carbons (Fsp3) is 0.471. The molecule has 2 atom stereocenters. The Bertz CT molecular complexity index is 777. The molecule has 0 bridgehead atoms. The molecule has 1 aromatic heterocycles. The molecule has 3 rings (SSSR count). The summed E-state index contributed by atoms with van der Waals surface area (Å²) in [5.41, 5.74) is 0.746. The lowest BCUT2D eigenvalue weighted by Gasteiger charge is -2.22. The van der Waals surface area contributed by atoms with E-state index in [1.807, 2.05) is 0 Å². The number of rotatable bonds is 5. The Morgan fingerprint density at radius 1 is 1.19 bits per heavy atom. The molecule has 1 aliphatic carbocycles. The second-order valence-corrected chi connectivity index (χ2v) is 6.84. The number of nitrogens with one attached hydrogen (secondary N) is 1. The lowest BCUT2D eigenvalue weighted by Crippen LogP contribution is -2.44. The Labute approximate surface area is 155 Å². The van der Waals surface area contributed by atoms with Crippen molar-refractivity contribution in [2.45, 2.75) is 44.7 Å². The summed E-state index contributed by atoms with van der Waals surface area (Å²) < 4.78 is 0. The normalized spacial score (nSPS) is 20.3. The molecule has 8 nitrogen and oxygen atoms in total. The molecule has 2 N–H and O–H groups in total. The number of carbonyl (C=O) groups excluding carboxylic acids is 1. The molecule has 2 aromatic rings. The molecule has 0 aliphatic heterocycles. The Hall–Kier alpha value is -2.48. The van der Waals surface area contributed by atoms with Crippen molar-refractivity contribution in [3.63, 3.8) is 0 Å². The predicted molar refractivity (Wildman–Crippen MR) is 94.4 cm³/mol. The highest BCUT2D eigenvalue weighted by molar-refractivity contribution is 6.30. The van der Waals surface area contributed by atoms with E-state index in [0.717, 1.165) is 24.8 Å². The summed E-state index contributed by atoms with van der Waals surface area (Å²) in [6, 6.07) is 6.63. The summed E-state index contributed by atoms with van der Waals surface area (Å²) in [5.74, 6) is -1.33. The third-order valence-corrected chi connectivity index (χ3v) is 4.77. The van der Waals surface area contributed by atoms with Crippen LogP contribution in [-0.2, 0) is 16.1 Å². The van der Waals surface area contributed by atoms with Crippen LogP contribution in [0.1, 0.15) is 32.1 Å². The second kappa shape index (κ2) is 8.27. The molecule has 0 spiro atoms. The highest BCUT2D eigenvalue weighted by Crippen LogP contribution is 2.24. The number of amides is 1. The molecule has 1 amide bonds. The molecule has 9 heteroatoms. The summed E-state index contributed by atoms with van der Waals surface area (Å²) >= 11 is 5.86. The van der Waals surface area contributed by atoms with Crippen molar-refractivity contribution in [3.8, 4) is 11.4 Å². The van der Waals surface area contributed by atoms with E-state index < -0.39 is 11.9 Å². The summed E-state index contributed by atoms with van der Waals surface area (Å²) in [5, 5.41) is 24.8. The number of hydrogen-bond donors (Lipinski definition) is 2. The number of tetrazole rings is 1. The first-order valence-electron chi connectivity index (χ1n) is 8.59. The van der Waals surface area contributed by atoms with Gasteiger partial charge < -0.3 is 10.4 Å². The van der Waals surface area contributed by atoms with Crippen LogP contribution in [0, 0.1) is 5.92 Å². The van der Waals surface area contributed by atoms with Gasteiger partial charge in [-0.15, -0.1) is 10.2 Å². The van der Waals surface area contributed by atoms with Gasteiger partial charge in [0.15, 0.2) is 0 Å². The van der Waals surface area contributed by atoms with Crippen molar-refractivity contribution in [2.75, 3.05) is 0 Å². The van der Waals surface area contributed by atoms with E-state index in [1.54, 1.807) is 24.3 Å². The van der Waals surface area contributed by atoms with Gasteiger partial charge in [0.1, 0.15) is 6.54 Å². The van der Waals surface area contributed by atoms with Gasteiger partial charge in [0.05, 0.1) is 5.92 Å². The number of carbonyl (C=O) groups is 2. The molecule has 0 saturated heterocycles. The molecule has 1 fully saturated rings. The summed E-state index contributed by atoms with van der Waals surface area (Å²) in [4.78, 5) is 24.9. The summed E-state index contributed by atoms with van der Waals surface area (Å²) in [6.07, 6.45) is 4.03. The highest BCUT2D eigenvalue weighted by Gasteiger charge is 2.30. The minimum absolute atomic E-state index is 0.108. The lowest BCUT2D eigenvalue weighted by atomic mass is 9.95. The van der Waals surface area contributed by atoms with E-state index in [9.17, 15) is 14.7 Å². The molecule has 1 aliphatic rings. The zero-order valence-electron chi connectivity index (χ0n) is 14.1. The molecular formula is C17H20ClN5O3. The highest BCUT2D eigenvalue weighted by atomic mass is 35.5. The van der Waals surface area contributed by atoms with Crippen LogP contribution in [0.15, 0.2) is 24.3 Å². The number of aromatic nitrogens is 4. The Morgan fingerprint density at radius 2 is 1.92 bits per heavy atom. The van der Waals surface area contributed by atoms with E-state index in [4.69, 9.17) is 11.6 Å². The largest absolute Gasteiger partial charge is 0.481 e. The molecule has 0 unspecified atom stereocenters. The van der Waals surface area contributed by atoms with Crippen LogP contribution in [-0.4, -0.2) is 43.2 Å². The average Bonchev–Trinajstić information content (AvgIpc) is 2.93. The van der Waals surface area contributed by atoms with Crippen LogP contribution in [0.2, 0.25) is 5.02 Å². The van der Waals surface area contributed by atoms with E-state index in [-0.39, 0.29) is 18.5 Å². The number of carboxylic acids is 1. The summed E-state index contributed by atoms with van der Waals surface area (Å²) in [7, 11) is 0. The van der Waals surface area contributed by atoms with Crippen LogP contribution in [0.3, 0.4) is 0 Å². The van der Waals surface area contributed by atoms with Crippen molar-refractivity contribution < 1.29 is 14.7 Å². The number of nitrogens with zero attached hydrogens (tertiary/aromatic N) is 4. The first-order chi connectivity index (χ1) is 12.5. The number of hydrogen-bond acceptors (Lipinski definition) is 5. The van der Waals surface area contributed by atoms with Gasteiger partial charge in [0.25, 0.3) is 0 Å². The van der Waals surface area contributed by atoms with Gasteiger partial charge in [-0.1, -0.05) is 30.9 Å².